The third-order valence-corrected chi connectivity index (χ3v) is 4.49. The molecule has 0 aliphatic heterocycles. The van der Waals surface area contributed by atoms with Gasteiger partial charge < -0.3 is 5.32 Å². The van der Waals surface area contributed by atoms with Gasteiger partial charge in [0.05, 0.1) is 18.0 Å². The van der Waals surface area contributed by atoms with Gasteiger partial charge in [-0.3, -0.25) is 9.52 Å². The van der Waals surface area contributed by atoms with E-state index in [-0.39, 0.29) is 11.9 Å². The highest BCUT2D eigenvalue weighted by Crippen LogP contribution is 2.24. The fourth-order valence-corrected chi connectivity index (χ4v) is 3.34. The number of anilines is 1. The highest BCUT2D eigenvalue weighted by Gasteiger charge is 2.17. The highest BCUT2D eigenvalue weighted by atomic mass is 32.2. The van der Waals surface area contributed by atoms with Crippen LogP contribution in [0.1, 0.15) is 50.6 Å². The van der Waals surface area contributed by atoms with Gasteiger partial charge in [0.25, 0.3) is 0 Å². The summed E-state index contributed by atoms with van der Waals surface area (Å²) in [7, 11) is -3.36. The van der Waals surface area contributed by atoms with Gasteiger partial charge in [-0.05, 0) is 44.2 Å². The number of carbonyl (C=O) groups is 1. The topological polar surface area (TPSA) is 75.3 Å². The van der Waals surface area contributed by atoms with Gasteiger partial charge in [0.15, 0.2) is 0 Å². The van der Waals surface area contributed by atoms with E-state index in [1.54, 1.807) is 12.1 Å². The summed E-state index contributed by atoms with van der Waals surface area (Å²) < 4.78 is 25.5. The summed E-state index contributed by atoms with van der Waals surface area (Å²) in [5.41, 5.74) is 2.08. The molecule has 1 unspecified atom stereocenters. The van der Waals surface area contributed by atoms with Crippen molar-refractivity contribution in [1.82, 2.24) is 5.32 Å². The molecule has 0 fully saturated rings. The molecular formula is C17H24N2O3S. The van der Waals surface area contributed by atoms with Crippen LogP contribution >= 0.6 is 0 Å². The number of benzene rings is 1. The number of allylic oxidation sites excluding steroid dienone is 1. The molecule has 23 heavy (non-hydrogen) atoms. The van der Waals surface area contributed by atoms with Gasteiger partial charge in [0.2, 0.25) is 15.9 Å². The van der Waals surface area contributed by atoms with Crippen LogP contribution in [0.4, 0.5) is 5.69 Å². The summed E-state index contributed by atoms with van der Waals surface area (Å²) in [6.07, 6.45) is 8.22. The van der Waals surface area contributed by atoms with Gasteiger partial charge >= 0.3 is 0 Å². The average molecular weight is 336 g/mol. The summed E-state index contributed by atoms with van der Waals surface area (Å²) in [6.45, 7) is 1.86. The van der Waals surface area contributed by atoms with E-state index in [0.29, 0.717) is 5.69 Å². The van der Waals surface area contributed by atoms with Crippen molar-refractivity contribution >= 4 is 21.6 Å². The van der Waals surface area contributed by atoms with E-state index < -0.39 is 10.0 Å². The lowest BCUT2D eigenvalue weighted by Gasteiger charge is -2.19. The first kappa shape index (κ1) is 17.5. The molecule has 5 nitrogen and oxygen atoms in total. The lowest BCUT2D eigenvalue weighted by Crippen LogP contribution is -2.28. The Bertz CT molecular complexity index is 696. The molecule has 1 aliphatic rings. The molecule has 0 bridgehead atoms. The predicted octanol–water partition coefficient (Wildman–Crippen LogP) is 3.13. The summed E-state index contributed by atoms with van der Waals surface area (Å²) in [5, 5.41) is 2.98. The second kappa shape index (κ2) is 7.64. The van der Waals surface area contributed by atoms with Crippen LogP contribution in [-0.2, 0) is 14.8 Å². The molecule has 0 saturated heterocycles. The van der Waals surface area contributed by atoms with Crippen molar-refractivity contribution < 1.29 is 13.2 Å². The van der Waals surface area contributed by atoms with Crippen molar-refractivity contribution in [3.63, 3.8) is 0 Å². The first-order chi connectivity index (χ1) is 10.9. The summed E-state index contributed by atoms with van der Waals surface area (Å²) in [5.74, 6) is -0.0615. The number of sulfonamides is 1. The Morgan fingerprint density at radius 3 is 2.65 bits per heavy atom. The molecule has 1 aromatic rings. The van der Waals surface area contributed by atoms with Crippen LogP contribution in [-0.4, -0.2) is 20.6 Å². The zero-order valence-corrected chi connectivity index (χ0v) is 14.4. The van der Waals surface area contributed by atoms with Gasteiger partial charge in [0, 0.05) is 5.57 Å². The fourth-order valence-electron chi connectivity index (χ4n) is 2.76. The molecular weight excluding hydrogens is 312 g/mol. The van der Waals surface area contributed by atoms with E-state index in [9.17, 15) is 13.2 Å². The average Bonchev–Trinajstić information content (AvgIpc) is 2.75. The van der Waals surface area contributed by atoms with E-state index in [1.807, 2.05) is 25.1 Å². The van der Waals surface area contributed by atoms with Crippen LogP contribution in [0.5, 0.6) is 0 Å². The van der Waals surface area contributed by atoms with Gasteiger partial charge in [-0.1, -0.05) is 30.7 Å². The van der Waals surface area contributed by atoms with Crippen LogP contribution < -0.4 is 10.0 Å². The first-order valence-electron chi connectivity index (χ1n) is 7.93. The zero-order valence-electron chi connectivity index (χ0n) is 13.6. The minimum atomic E-state index is -3.36. The normalized spacial score (nSPS) is 16.9. The lowest BCUT2D eigenvalue weighted by atomic mass is 10.0. The second-order valence-electron chi connectivity index (χ2n) is 5.99. The standard InChI is InChI=1S/C17H24N2O3S/c1-13(18-17(20)14-9-5-3-4-6-10-14)15-11-7-8-12-16(15)19-23(2,21)22/h7-9,11-13,19H,3-6,10H2,1-2H3,(H,18,20). The SMILES string of the molecule is CC(NC(=O)C1=CCCCCC1)c1ccccc1NS(C)(=O)=O. The zero-order chi connectivity index (χ0) is 16.9. The van der Waals surface area contributed by atoms with E-state index in [1.165, 1.54) is 0 Å². The fraction of sp³-hybridized carbons (Fsp3) is 0.471. The Hall–Kier alpha value is -1.82. The smallest absolute Gasteiger partial charge is 0.247 e. The van der Waals surface area contributed by atoms with Crippen LogP contribution in [0.15, 0.2) is 35.9 Å². The van der Waals surface area contributed by atoms with E-state index in [2.05, 4.69) is 10.0 Å². The predicted molar refractivity (Wildman–Crippen MR) is 92.6 cm³/mol. The third-order valence-electron chi connectivity index (χ3n) is 3.90. The number of hydrogen-bond acceptors (Lipinski definition) is 3. The van der Waals surface area contributed by atoms with E-state index in [4.69, 9.17) is 0 Å². The molecule has 2 rings (SSSR count). The van der Waals surface area contributed by atoms with Crippen LogP contribution in [0.25, 0.3) is 0 Å². The Labute approximate surface area is 138 Å². The lowest BCUT2D eigenvalue weighted by molar-refractivity contribution is -0.118. The minimum Gasteiger partial charge on any atom is -0.346 e. The molecule has 0 spiro atoms. The van der Waals surface area contributed by atoms with Gasteiger partial charge in [-0.25, -0.2) is 8.42 Å². The molecule has 1 amide bonds. The Kier molecular flexibility index (Phi) is 5.82. The molecule has 2 N–H and O–H groups in total. The summed E-state index contributed by atoms with van der Waals surface area (Å²) >= 11 is 0. The van der Waals surface area contributed by atoms with Gasteiger partial charge in [-0.15, -0.1) is 0 Å². The molecule has 126 valence electrons. The molecule has 0 aromatic heterocycles. The summed E-state index contributed by atoms with van der Waals surface area (Å²) in [4.78, 5) is 12.4. The maximum atomic E-state index is 12.4. The maximum absolute atomic E-state index is 12.4. The number of carbonyl (C=O) groups excluding carboxylic acids is 1. The van der Waals surface area contributed by atoms with Crippen molar-refractivity contribution in [2.45, 2.75) is 45.1 Å². The quantitative estimate of drug-likeness (QED) is 0.867. The van der Waals surface area contributed by atoms with Gasteiger partial charge in [-0.2, -0.15) is 0 Å². The number of para-hydroxylation sites is 1. The first-order valence-corrected chi connectivity index (χ1v) is 9.82. The van der Waals surface area contributed by atoms with Crippen molar-refractivity contribution in [3.8, 4) is 0 Å². The minimum absolute atomic E-state index is 0.0615. The third kappa shape index (κ3) is 5.39. The van der Waals surface area contributed by atoms with E-state index >= 15 is 0 Å². The van der Waals surface area contributed by atoms with Crippen LogP contribution in [0.2, 0.25) is 0 Å². The van der Waals surface area contributed by atoms with E-state index in [0.717, 1.165) is 49.5 Å². The number of nitrogens with one attached hydrogen (secondary N) is 2. The largest absolute Gasteiger partial charge is 0.346 e. The molecule has 0 radical (unpaired) electrons. The number of rotatable bonds is 5. The monoisotopic (exact) mass is 336 g/mol. The highest BCUT2D eigenvalue weighted by molar-refractivity contribution is 7.92. The van der Waals surface area contributed by atoms with Crippen LogP contribution in [0.3, 0.4) is 0 Å². The second-order valence-corrected chi connectivity index (χ2v) is 7.73. The molecule has 0 saturated carbocycles. The van der Waals surface area contributed by atoms with Crippen molar-refractivity contribution in [1.29, 1.82) is 0 Å². The van der Waals surface area contributed by atoms with Crippen molar-refractivity contribution in [2.75, 3.05) is 11.0 Å². The number of hydrogen-bond donors (Lipinski definition) is 2. The van der Waals surface area contributed by atoms with Crippen molar-refractivity contribution in [3.05, 3.63) is 41.5 Å². The Balaban J connectivity index is 2.12. The molecule has 1 aliphatic carbocycles. The summed E-state index contributed by atoms with van der Waals surface area (Å²) in [6, 6.07) is 6.83. The molecule has 1 atom stereocenters. The molecule has 1 aromatic carbocycles. The number of amides is 1. The van der Waals surface area contributed by atoms with Crippen molar-refractivity contribution in [2.24, 2.45) is 0 Å². The Morgan fingerprint density at radius 2 is 1.91 bits per heavy atom. The van der Waals surface area contributed by atoms with Crippen LogP contribution in [0, 0.1) is 0 Å². The maximum Gasteiger partial charge on any atom is 0.247 e. The Morgan fingerprint density at radius 1 is 1.17 bits per heavy atom. The molecule has 6 heteroatoms. The molecule has 0 heterocycles. The van der Waals surface area contributed by atoms with Gasteiger partial charge in [0.1, 0.15) is 0 Å².